The number of halogens is 2. The van der Waals surface area contributed by atoms with Crippen molar-refractivity contribution in [2.24, 2.45) is 12.5 Å². The van der Waals surface area contributed by atoms with E-state index in [1.54, 1.807) is 9.80 Å². The molecule has 0 radical (unpaired) electrons. The Balaban J connectivity index is 1.51. The van der Waals surface area contributed by atoms with E-state index in [2.05, 4.69) is 10.1 Å². The number of nitrogens with zero attached hydrogens (tertiary/aromatic N) is 5. The maximum atomic E-state index is 13.3. The number of carbonyl (C=O) groups is 2. The topological polar surface area (TPSA) is 71.3 Å². The summed E-state index contributed by atoms with van der Waals surface area (Å²) >= 11 is 0. The van der Waals surface area contributed by atoms with Crippen molar-refractivity contribution in [2.45, 2.75) is 39.2 Å². The third kappa shape index (κ3) is 3.68. The van der Waals surface area contributed by atoms with E-state index >= 15 is 0 Å². The zero-order chi connectivity index (χ0) is 21.5. The van der Waals surface area contributed by atoms with Crippen molar-refractivity contribution in [3.63, 3.8) is 0 Å². The molecule has 0 aliphatic carbocycles. The minimum atomic E-state index is -2.82. The summed E-state index contributed by atoms with van der Waals surface area (Å²) in [7, 11) is 1.51. The van der Waals surface area contributed by atoms with Gasteiger partial charge in [0.25, 0.3) is 12.3 Å². The van der Waals surface area contributed by atoms with Gasteiger partial charge in [-0.15, -0.1) is 0 Å². The quantitative estimate of drug-likeness (QED) is 0.767. The van der Waals surface area contributed by atoms with Crippen molar-refractivity contribution in [1.29, 1.82) is 0 Å². The van der Waals surface area contributed by atoms with Gasteiger partial charge in [0.05, 0.1) is 23.2 Å². The molecule has 0 bridgehead atoms. The summed E-state index contributed by atoms with van der Waals surface area (Å²) < 4.78 is 27.8. The van der Waals surface area contributed by atoms with E-state index in [1.165, 1.54) is 17.9 Å². The van der Waals surface area contributed by atoms with Gasteiger partial charge in [0.15, 0.2) is 0 Å². The summed E-state index contributed by atoms with van der Waals surface area (Å²) in [6, 6.07) is 5.73. The van der Waals surface area contributed by atoms with E-state index in [9.17, 15) is 18.4 Å². The van der Waals surface area contributed by atoms with Crippen LogP contribution in [-0.2, 0) is 18.4 Å². The molecule has 4 rings (SSSR count). The monoisotopic (exact) mass is 417 g/mol. The summed E-state index contributed by atoms with van der Waals surface area (Å²) in [4.78, 5) is 34.1. The lowest BCUT2D eigenvalue weighted by molar-refractivity contribution is -0.138. The third-order valence-electron chi connectivity index (χ3n) is 6.06. The van der Waals surface area contributed by atoms with Crippen LogP contribution in [0.15, 0.2) is 24.4 Å². The summed E-state index contributed by atoms with van der Waals surface area (Å²) in [5.41, 5.74) is 0.490. The maximum Gasteiger partial charge on any atom is 0.282 e. The number of likely N-dealkylation sites (tertiary alicyclic amines) is 2. The lowest BCUT2D eigenvalue weighted by Gasteiger charge is -2.39. The van der Waals surface area contributed by atoms with Crippen LogP contribution in [0.1, 0.15) is 53.1 Å². The predicted octanol–water partition coefficient (Wildman–Crippen LogP) is 2.72. The van der Waals surface area contributed by atoms with Gasteiger partial charge in [-0.05, 0) is 38.3 Å². The molecule has 2 aromatic rings. The Labute approximate surface area is 173 Å². The van der Waals surface area contributed by atoms with Crippen molar-refractivity contribution in [2.75, 3.05) is 19.6 Å². The van der Waals surface area contributed by atoms with Crippen molar-refractivity contribution in [3.8, 4) is 0 Å². The fraction of sp³-hybridized carbons (Fsp3) is 0.524. The highest BCUT2D eigenvalue weighted by Gasteiger charge is 2.50. The van der Waals surface area contributed by atoms with E-state index < -0.39 is 23.4 Å². The van der Waals surface area contributed by atoms with Crippen LogP contribution in [0, 0.1) is 12.3 Å². The molecular formula is C21H25F2N5O2. The van der Waals surface area contributed by atoms with Gasteiger partial charge >= 0.3 is 0 Å². The number of pyridine rings is 1. The molecule has 2 saturated heterocycles. The molecular weight excluding hydrogens is 392 g/mol. The van der Waals surface area contributed by atoms with Crippen molar-refractivity contribution in [1.82, 2.24) is 24.6 Å². The number of hydrogen-bond acceptors (Lipinski definition) is 4. The lowest BCUT2D eigenvalue weighted by atomic mass is 9.78. The van der Waals surface area contributed by atoms with Crippen LogP contribution in [0.25, 0.3) is 0 Å². The Morgan fingerprint density at radius 1 is 1.27 bits per heavy atom. The SMILES string of the molecule is Cc1cccc(CN2CC[C@]3(CCCN(C(=O)c4cn(C)nc4C(F)F)C3)C2=O)n1. The summed E-state index contributed by atoms with van der Waals surface area (Å²) in [6.07, 6.45) is 0.516. The number of rotatable bonds is 4. The minimum Gasteiger partial charge on any atom is -0.337 e. The first-order valence-corrected chi connectivity index (χ1v) is 10.1. The predicted molar refractivity (Wildman–Crippen MR) is 105 cm³/mol. The van der Waals surface area contributed by atoms with E-state index in [4.69, 9.17) is 0 Å². The number of aromatic nitrogens is 3. The first-order chi connectivity index (χ1) is 14.3. The average molecular weight is 417 g/mol. The van der Waals surface area contributed by atoms with E-state index in [-0.39, 0.29) is 18.0 Å². The molecule has 30 heavy (non-hydrogen) atoms. The summed E-state index contributed by atoms with van der Waals surface area (Å²) in [6.45, 7) is 3.65. The molecule has 0 aromatic carbocycles. The summed E-state index contributed by atoms with van der Waals surface area (Å²) in [5, 5.41) is 3.73. The highest BCUT2D eigenvalue weighted by molar-refractivity contribution is 5.96. The summed E-state index contributed by atoms with van der Waals surface area (Å²) in [5.74, 6) is -0.465. The highest BCUT2D eigenvalue weighted by atomic mass is 19.3. The molecule has 0 unspecified atom stereocenters. The van der Waals surface area contributed by atoms with Crippen LogP contribution in [0.2, 0.25) is 0 Å². The van der Waals surface area contributed by atoms with Crippen LogP contribution in [0.5, 0.6) is 0 Å². The number of carbonyl (C=O) groups excluding carboxylic acids is 2. The van der Waals surface area contributed by atoms with Gasteiger partial charge in [-0.1, -0.05) is 6.07 Å². The Kier molecular flexibility index (Phi) is 5.29. The first-order valence-electron chi connectivity index (χ1n) is 10.1. The average Bonchev–Trinajstić information content (AvgIpc) is 3.24. The molecule has 7 nitrogen and oxygen atoms in total. The molecule has 2 aromatic heterocycles. The fourth-order valence-corrected chi connectivity index (χ4v) is 4.61. The largest absolute Gasteiger partial charge is 0.337 e. The maximum absolute atomic E-state index is 13.3. The standard InChI is InChI=1S/C21H25F2N5O2/c1-14-5-3-6-15(24-14)11-27-10-8-21(20(27)30)7-4-9-28(13-21)19(29)16-12-26(2)25-17(16)18(22)23/h3,5-6,12,18H,4,7-11,13H2,1-2H3/t21-/m0/s1. The number of aryl methyl sites for hydroxylation is 2. The Bertz CT molecular complexity index is 976. The van der Waals surface area contributed by atoms with Gasteiger partial charge in [-0.25, -0.2) is 8.78 Å². The van der Waals surface area contributed by atoms with E-state index in [1.807, 2.05) is 25.1 Å². The Morgan fingerprint density at radius 3 is 2.80 bits per heavy atom. The fourth-order valence-electron chi connectivity index (χ4n) is 4.61. The van der Waals surface area contributed by atoms with Gasteiger partial charge in [0, 0.05) is 38.6 Å². The molecule has 1 atom stereocenters. The van der Waals surface area contributed by atoms with Crippen molar-refractivity contribution < 1.29 is 18.4 Å². The third-order valence-corrected chi connectivity index (χ3v) is 6.06. The normalized spacial score (nSPS) is 21.8. The van der Waals surface area contributed by atoms with Crippen LogP contribution in [0.3, 0.4) is 0 Å². The molecule has 2 amide bonds. The Morgan fingerprint density at radius 2 is 2.07 bits per heavy atom. The van der Waals surface area contributed by atoms with Crippen molar-refractivity contribution >= 4 is 11.8 Å². The second kappa shape index (κ2) is 7.77. The highest BCUT2D eigenvalue weighted by Crippen LogP contribution is 2.41. The van der Waals surface area contributed by atoms with Gasteiger partial charge in [-0.3, -0.25) is 19.3 Å². The van der Waals surface area contributed by atoms with Crippen LogP contribution < -0.4 is 0 Å². The van der Waals surface area contributed by atoms with Crippen LogP contribution in [-0.4, -0.2) is 56.0 Å². The number of hydrogen-bond donors (Lipinski definition) is 0. The molecule has 9 heteroatoms. The zero-order valence-electron chi connectivity index (χ0n) is 17.1. The molecule has 0 N–H and O–H groups in total. The van der Waals surface area contributed by atoms with Gasteiger partial charge in [0.1, 0.15) is 5.69 Å². The second-order valence-electron chi connectivity index (χ2n) is 8.26. The van der Waals surface area contributed by atoms with E-state index in [0.717, 1.165) is 11.4 Å². The van der Waals surface area contributed by atoms with Gasteiger partial charge in [0.2, 0.25) is 5.91 Å². The lowest BCUT2D eigenvalue weighted by Crippen LogP contribution is -2.49. The molecule has 160 valence electrons. The second-order valence-corrected chi connectivity index (χ2v) is 8.26. The minimum absolute atomic E-state index is 0.0172. The zero-order valence-corrected chi connectivity index (χ0v) is 17.1. The number of alkyl halides is 2. The van der Waals surface area contributed by atoms with Gasteiger partial charge in [-0.2, -0.15) is 5.10 Å². The molecule has 0 saturated carbocycles. The smallest absolute Gasteiger partial charge is 0.282 e. The number of piperidine rings is 1. The van der Waals surface area contributed by atoms with Gasteiger partial charge < -0.3 is 9.80 Å². The molecule has 2 fully saturated rings. The Hall–Kier alpha value is -2.84. The molecule has 1 spiro atoms. The van der Waals surface area contributed by atoms with Crippen LogP contribution in [0.4, 0.5) is 8.78 Å². The van der Waals surface area contributed by atoms with E-state index in [0.29, 0.717) is 38.9 Å². The van der Waals surface area contributed by atoms with Crippen LogP contribution >= 0.6 is 0 Å². The molecule has 2 aliphatic heterocycles. The molecule has 4 heterocycles. The first kappa shape index (κ1) is 20.4. The van der Waals surface area contributed by atoms with Crippen molar-refractivity contribution in [3.05, 3.63) is 47.0 Å². The number of amides is 2. The molecule has 2 aliphatic rings.